The predicted molar refractivity (Wildman–Crippen MR) is 71.5 cm³/mol. The van der Waals surface area contributed by atoms with Crippen molar-refractivity contribution in [2.24, 2.45) is 0 Å². The topological polar surface area (TPSA) is 82.1 Å². The molecule has 5 nitrogen and oxygen atoms in total. The number of benzene rings is 1. The minimum atomic E-state index is -0.544. The van der Waals surface area contributed by atoms with Gasteiger partial charge >= 0.3 is 0 Å². The van der Waals surface area contributed by atoms with E-state index in [1.165, 1.54) is 11.8 Å². The number of rotatable bonds is 3. The van der Waals surface area contributed by atoms with Gasteiger partial charge in [0.05, 0.1) is 5.03 Å². The van der Waals surface area contributed by atoms with Crippen LogP contribution in [0.15, 0.2) is 40.9 Å². The van der Waals surface area contributed by atoms with Crippen LogP contribution in [-0.4, -0.2) is 23.8 Å². The lowest BCUT2D eigenvalue weighted by molar-refractivity contribution is -0.114. The molecule has 1 aliphatic rings. The van der Waals surface area contributed by atoms with Gasteiger partial charge in [-0.2, -0.15) is 0 Å². The van der Waals surface area contributed by atoms with E-state index in [-0.39, 0.29) is 11.3 Å². The van der Waals surface area contributed by atoms with Crippen LogP contribution >= 0.6 is 11.8 Å². The SMILES string of the molecule is CSC1=C(C(=O)Nc2ccccc2)C(=N)C(=O)N1. The lowest BCUT2D eigenvalue weighted by atomic mass is 10.2. The number of carbonyl (C=O) groups is 2. The van der Waals surface area contributed by atoms with Crippen molar-refractivity contribution in [2.75, 3.05) is 11.6 Å². The molecule has 0 fully saturated rings. The second-order valence-corrected chi connectivity index (χ2v) is 4.37. The first-order chi connectivity index (χ1) is 8.63. The zero-order chi connectivity index (χ0) is 13.1. The van der Waals surface area contributed by atoms with Crippen LogP contribution in [0.3, 0.4) is 0 Å². The molecule has 0 radical (unpaired) electrons. The Morgan fingerprint density at radius 1 is 1.33 bits per heavy atom. The normalized spacial score (nSPS) is 14.7. The van der Waals surface area contributed by atoms with E-state index in [0.717, 1.165) is 0 Å². The van der Waals surface area contributed by atoms with Crippen LogP contribution in [0.1, 0.15) is 0 Å². The van der Waals surface area contributed by atoms with Crippen LogP contribution in [0.25, 0.3) is 0 Å². The first-order valence-corrected chi connectivity index (χ1v) is 6.41. The van der Waals surface area contributed by atoms with E-state index in [0.29, 0.717) is 10.7 Å². The van der Waals surface area contributed by atoms with Gasteiger partial charge in [0.25, 0.3) is 11.8 Å². The summed E-state index contributed by atoms with van der Waals surface area (Å²) in [5.74, 6) is -0.994. The van der Waals surface area contributed by atoms with Gasteiger partial charge < -0.3 is 10.6 Å². The van der Waals surface area contributed by atoms with Crippen molar-refractivity contribution in [3.63, 3.8) is 0 Å². The van der Waals surface area contributed by atoms with E-state index in [1.54, 1.807) is 30.5 Å². The Bertz CT molecular complexity index is 552. The maximum atomic E-state index is 12.0. The van der Waals surface area contributed by atoms with E-state index >= 15 is 0 Å². The number of nitrogens with one attached hydrogen (secondary N) is 3. The van der Waals surface area contributed by atoms with Crippen molar-refractivity contribution in [3.05, 3.63) is 40.9 Å². The molecule has 0 spiro atoms. The van der Waals surface area contributed by atoms with Gasteiger partial charge in [-0.3, -0.25) is 15.0 Å². The van der Waals surface area contributed by atoms with Gasteiger partial charge in [-0.25, -0.2) is 0 Å². The number of carbonyl (C=O) groups excluding carboxylic acids is 2. The van der Waals surface area contributed by atoms with Gasteiger partial charge in [0.2, 0.25) is 0 Å². The van der Waals surface area contributed by atoms with E-state index in [4.69, 9.17) is 5.41 Å². The highest BCUT2D eigenvalue weighted by Gasteiger charge is 2.32. The van der Waals surface area contributed by atoms with E-state index < -0.39 is 11.8 Å². The van der Waals surface area contributed by atoms with E-state index in [9.17, 15) is 9.59 Å². The quantitative estimate of drug-likeness (QED) is 0.768. The number of amides is 2. The van der Waals surface area contributed by atoms with Gasteiger partial charge in [-0.1, -0.05) is 18.2 Å². The third-order valence-corrected chi connectivity index (χ3v) is 3.11. The van der Waals surface area contributed by atoms with Gasteiger partial charge in [0, 0.05) is 5.69 Å². The summed E-state index contributed by atoms with van der Waals surface area (Å²) in [6.45, 7) is 0. The van der Waals surface area contributed by atoms with Crippen molar-refractivity contribution in [1.29, 1.82) is 5.41 Å². The smallest absolute Gasteiger partial charge is 0.274 e. The first kappa shape index (κ1) is 12.4. The molecule has 1 aliphatic heterocycles. The minimum absolute atomic E-state index is 0.0938. The molecule has 0 aromatic heterocycles. The summed E-state index contributed by atoms with van der Waals surface area (Å²) in [5.41, 5.74) is 0.423. The largest absolute Gasteiger partial charge is 0.322 e. The summed E-state index contributed by atoms with van der Waals surface area (Å²) in [5, 5.41) is 13.2. The molecule has 0 unspecified atom stereocenters. The third-order valence-electron chi connectivity index (χ3n) is 2.39. The lowest BCUT2D eigenvalue weighted by Gasteiger charge is -2.06. The Hall–Kier alpha value is -2.08. The molecule has 0 saturated heterocycles. The maximum Gasteiger partial charge on any atom is 0.274 e. The average molecular weight is 261 g/mol. The van der Waals surface area contributed by atoms with Crippen molar-refractivity contribution >= 4 is 35.0 Å². The molecule has 2 rings (SSSR count). The Balaban J connectivity index is 2.23. The fourth-order valence-corrected chi connectivity index (χ4v) is 2.13. The second kappa shape index (κ2) is 5.05. The highest BCUT2D eigenvalue weighted by molar-refractivity contribution is 8.02. The molecule has 92 valence electrons. The molecule has 0 atom stereocenters. The predicted octanol–water partition coefficient (Wildman–Crippen LogP) is 1.35. The molecule has 2 amide bonds. The fraction of sp³-hybridized carbons (Fsp3) is 0.0833. The molecule has 1 aromatic rings. The minimum Gasteiger partial charge on any atom is -0.322 e. The van der Waals surface area contributed by atoms with Crippen molar-refractivity contribution in [3.8, 4) is 0 Å². The number of anilines is 1. The molecule has 0 saturated carbocycles. The molecule has 3 N–H and O–H groups in total. The first-order valence-electron chi connectivity index (χ1n) is 5.18. The van der Waals surface area contributed by atoms with Crippen LogP contribution in [0.2, 0.25) is 0 Å². The average Bonchev–Trinajstić information content (AvgIpc) is 2.66. The molecular weight excluding hydrogens is 250 g/mol. The Labute approximate surface area is 108 Å². The zero-order valence-corrected chi connectivity index (χ0v) is 10.4. The molecule has 0 bridgehead atoms. The number of para-hydroxylation sites is 1. The van der Waals surface area contributed by atoms with Gasteiger partial charge in [0.15, 0.2) is 0 Å². The van der Waals surface area contributed by atoms with Crippen molar-refractivity contribution < 1.29 is 9.59 Å². The standard InChI is InChI=1S/C12H11N3O2S/c1-18-12-8(9(13)11(17)15-12)10(16)14-7-5-3-2-4-6-7/h2-6H,1H3,(H,14,16)(H2,13,15,17). The second-order valence-electron chi connectivity index (χ2n) is 3.56. The molecule has 1 aromatic carbocycles. The molecule has 18 heavy (non-hydrogen) atoms. The van der Waals surface area contributed by atoms with Crippen molar-refractivity contribution in [2.45, 2.75) is 0 Å². The highest BCUT2D eigenvalue weighted by atomic mass is 32.2. The van der Waals surface area contributed by atoms with Gasteiger partial charge in [-0.15, -0.1) is 11.8 Å². The van der Waals surface area contributed by atoms with Crippen LogP contribution in [0.5, 0.6) is 0 Å². The van der Waals surface area contributed by atoms with Crippen LogP contribution in [0.4, 0.5) is 5.69 Å². The Morgan fingerprint density at radius 3 is 2.61 bits per heavy atom. The molecular formula is C12H11N3O2S. The number of hydrogen-bond acceptors (Lipinski definition) is 4. The fourth-order valence-electron chi connectivity index (χ4n) is 1.54. The summed E-state index contributed by atoms with van der Waals surface area (Å²) in [6, 6.07) is 8.91. The maximum absolute atomic E-state index is 12.0. The lowest BCUT2D eigenvalue weighted by Crippen LogP contribution is -2.23. The van der Waals surface area contributed by atoms with Crippen LogP contribution in [-0.2, 0) is 9.59 Å². The summed E-state index contributed by atoms with van der Waals surface area (Å²) in [6.07, 6.45) is 1.74. The van der Waals surface area contributed by atoms with Crippen LogP contribution in [0, 0.1) is 5.41 Å². The van der Waals surface area contributed by atoms with Gasteiger partial charge in [0.1, 0.15) is 11.3 Å². The molecule has 0 aliphatic carbocycles. The van der Waals surface area contributed by atoms with Crippen LogP contribution < -0.4 is 10.6 Å². The van der Waals surface area contributed by atoms with E-state index in [2.05, 4.69) is 10.6 Å². The van der Waals surface area contributed by atoms with Gasteiger partial charge in [-0.05, 0) is 18.4 Å². The van der Waals surface area contributed by atoms with Crippen molar-refractivity contribution in [1.82, 2.24) is 5.32 Å². The third kappa shape index (κ3) is 2.28. The monoisotopic (exact) mass is 261 g/mol. The zero-order valence-electron chi connectivity index (χ0n) is 9.61. The summed E-state index contributed by atoms with van der Waals surface area (Å²) in [4.78, 5) is 23.4. The number of thioether (sulfide) groups is 1. The molecule has 1 heterocycles. The molecule has 6 heteroatoms. The Kier molecular flexibility index (Phi) is 3.47. The van der Waals surface area contributed by atoms with E-state index in [1.807, 2.05) is 6.07 Å². The summed E-state index contributed by atoms with van der Waals surface area (Å²) >= 11 is 1.23. The summed E-state index contributed by atoms with van der Waals surface area (Å²) < 4.78 is 0. The summed E-state index contributed by atoms with van der Waals surface area (Å²) in [7, 11) is 0. The Morgan fingerprint density at radius 2 is 2.00 bits per heavy atom. The highest BCUT2D eigenvalue weighted by Crippen LogP contribution is 2.22. The number of hydrogen-bond donors (Lipinski definition) is 3.